The van der Waals surface area contributed by atoms with Gasteiger partial charge in [-0.25, -0.2) is 0 Å². The first-order valence-electron chi connectivity index (χ1n) is 7.10. The molecule has 8 nitrogen and oxygen atoms in total. The molecule has 0 saturated carbocycles. The maximum atomic E-state index is 11.2. The Hall–Kier alpha value is -2.78. The fraction of sp³-hybridized carbons (Fsp3) is 0.125. The Kier molecular flexibility index (Phi) is 6.20. The summed E-state index contributed by atoms with van der Waals surface area (Å²) in [7, 11) is 0. The first-order chi connectivity index (χ1) is 11.9. The van der Waals surface area contributed by atoms with Gasteiger partial charge in [0.2, 0.25) is 0 Å². The fourth-order valence-electron chi connectivity index (χ4n) is 2.27. The van der Waals surface area contributed by atoms with E-state index in [1.165, 1.54) is 18.2 Å². The highest BCUT2D eigenvalue weighted by atomic mass is 79.9. The van der Waals surface area contributed by atoms with Gasteiger partial charge in [0, 0.05) is 33.8 Å². The average Bonchev–Trinajstić information content (AvgIpc) is 2.55. The van der Waals surface area contributed by atoms with Crippen molar-refractivity contribution in [3.8, 4) is 0 Å². The molecule has 0 saturated heterocycles. The van der Waals surface area contributed by atoms with Crippen LogP contribution >= 0.6 is 15.9 Å². The van der Waals surface area contributed by atoms with Crippen LogP contribution in [0.25, 0.3) is 0 Å². The number of nitro groups is 1. The van der Waals surface area contributed by atoms with E-state index in [4.69, 9.17) is 5.11 Å². The van der Waals surface area contributed by atoms with Gasteiger partial charge in [0.05, 0.1) is 11.5 Å². The van der Waals surface area contributed by atoms with Crippen LogP contribution in [0.2, 0.25) is 0 Å². The molecule has 0 fully saturated rings. The van der Waals surface area contributed by atoms with Crippen LogP contribution in [-0.4, -0.2) is 33.5 Å². The molecule has 0 heterocycles. The molecule has 0 amide bonds. The minimum Gasteiger partial charge on any atom is -0.480 e. The number of nitrogens with one attached hydrogen (secondary N) is 1. The summed E-state index contributed by atoms with van der Waals surface area (Å²) < 4.78 is 0.788. The van der Waals surface area contributed by atoms with Crippen molar-refractivity contribution in [1.29, 1.82) is 0 Å². The zero-order valence-corrected chi connectivity index (χ0v) is 14.4. The Morgan fingerprint density at radius 3 is 2.56 bits per heavy atom. The van der Waals surface area contributed by atoms with Crippen LogP contribution in [0.15, 0.2) is 52.1 Å². The van der Waals surface area contributed by atoms with Gasteiger partial charge in [-0.3, -0.25) is 14.9 Å². The highest BCUT2D eigenvalue weighted by Gasteiger charge is 2.17. The lowest BCUT2D eigenvalue weighted by atomic mass is 9.99. The van der Waals surface area contributed by atoms with E-state index in [9.17, 15) is 20.1 Å². The van der Waals surface area contributed by atoms with Gasteiger partial charge in [0.25, 0.3) is 5.69 Å². The zero-order chi connectivity index (χ0) is 18.4. The van der Waals surface area contributed by atoms with Gasteiger partial charge in [-0.15, -0.1) is 0 Å². The van der Waals surface area contributed by atoms with Crippen molar-refractivity contribution in [3.63, 3.8) is 0 Å². The topological polar surface area (TPSA) is 125 Å². The SMILES string of the molecule is O=C(O)CNCc1cc(/C(=N\O)c2cccc(Br)c2)ccc1[N+](=O)[O-]. The molecule has 2 rings (SSSR count). The van der Waals surface area contributed by atoms with Crippen molar-refractivity contribution >= 4 is 33.3 Å². The molecular formula is C16H14BrN3O5. The van der Waals surface area contributed by atoms with Crippen molar-refractivity contribution in [1.82, 2.24) is 5.32 Å². The van der Waals surface area contributed by atoms with Crippen LogP contribution in [0.1, 0.15) is 16.7 Å². The Morgan fingerprint density at radius 1 is 1.24 bits per heavy atom. The molecule has 2 aromatic carbocycles. The Labute approximate surface area is 151 Å². The molecular weight excluding hydrogens is 394 g/mol. The number of nitrogens with zero attached hydrogens (tertiary/aromatic N) is 2. The summed E-state index contributed by atoms with van der Waals surface area (Å²) in [4.78, 5) is 21.2. The quantitative estimate of drug-likeness (QED) is 0.280. The van der Waals surface area contributed by atoms with Crippen molar-refractivity contribution < 1.29 is 20.0 Å². The summed E-state index contributed by atoms with van der Waals surface area (Å²) in [5.74, 6) is -1.06. The average molecular weight is 408 g/mol. The molecule has 0 atom stereocenters. The predicted octanol–water partition coefficient (Wildman–Crippen LogP) is 2.76. The van der Waals surface area contributed by atoms with Crippen LogP contribution in [0.4, 0.5) is 5.69 Å². The molecule has 3 N–H and O–H groups in total. The highest BCUT2D eigenvalue weighted by Crippen LogP contribution is 2.23. The van der Waals surface area contributed by atoms with E-state index in [1.807, 2.05) is 6.07 Å². The summed E-state index contributed by atoms with van der Waals surface area (Å²) in [6, 6.07) is 11.4. The minimum atomic E-state index is -1.06. The number of carbonyl (C=O) groups is 1. The van der Waals surface area contributed by atoms with Crippen LogP contribution in [0.5, 0.6) is 0 Å². The number of aliphatic carboxylic acids is 1. The second-order valence-corrected chi connectivity index (χ2v) is 5.97. The molecule has 0 spiro atoms. The molecule has 9 heteroatoms. The number of benzene rings is 2. The van der Waals surface area contributed by atoms with Crippen molar-refractivity contribution in [3.05, 3.63) is 73.7 Å². The smallest absolute Gasteiger partial charge is 0.317 e. The molecule has 0 aliphatic heterocycles. The third-order valence-corrected chi connectivity index (χ3v) is 3.83. The van der Waals surface area contributed by atoms with Gasteiger partial charge in [-0.2, -0.15) is 0 Å². The number of halogens is 1. The molecule has 2 aromatic rings. The minimum absolute atomic E-state index is 0.00630. The second kappa shape index (κ2) is 8.36. The Bertz CT molecular complexity index is 838. The molecule has 0 aliphatic carbocycles. The van der Waals surface area contributed by atoms with E-state index in [1.54, 1.807) is 18.2 Å². The number of hydrogen-bond acceptors (Lipinski definition) is 6. The van der Waals surface area contributed by atoms with Crippen LogP contribution in [-0.2, 0) is 11.3 Å². The van der Waals surface area contributed by atoms with Gasteiger partial charge in [-0.1, -0.05) is 33.2 Å². The third-order valence-electron chi connectivity index (χ3n) is 3.34. The van der Waals surface area contributed by atoms with Crippen molar-refractivity contribution in [2.45, 2.75) is 6.54 Å². The van der Waals surface area contributed by atoms with Gasteiger partial charge in [0.1, 0.15) is 5.71 Å². The maximum Gasteiger partial charge on any atom is 0.317 e. The van der Waals surface area contributed by atoms with Crippen molar-refractivity contribution in [2.24, 2.45) is 5.16 Å². The van der Waals surface area contributed by atoms with E-state index in [-0.39, 0.29) is 24.5 Å². The molecule has 130 valence electrons. The van der Waals surface area contributed by atoms with E-state index < -0.39 is 10.9 Å². The fourth-order valence-corrected chi connectivity index (χ4v) is 2.67. The molecule has 0 radical (unpaired) electrons. The van der Waals surface area contributed by atoms with Gasteiger partial charge in [-0.05, 0) is 24.3 Å². The number of nitro benzene ring substituents is 1. The van der Waals surface area contributed by atoms with Crippen LogP contribution in [0, 0.1) is 10.1 Å². The number of rotatable bonds is 7. The number of hydrogen-bond donors (Lipinski definition) is 3. The summed E-state index contributed by atoms with van der Waals surface area (Å²) in [5, 5.41) is 35.1. The monoisotopic (exact) mass is 407 g/mol. The molecule has 0 bridgehead atoms. The first kappa shape index (κ1) is 18.6. The van der Waals surface area contributed by atoms with E-state index >= 15 is 0 Å². The van der Waals surface area contributed by atoms with Crippen molar-refractivity contribution in [2.75, 3.05) is 6.54 Å². The lowest BCUT2D eigenvalue weighted by Gasteiger charge is -2.09. The predicted molar refractivity (Wildman–Crippen MR) is 94.0 cm³/mol. The van der Waals surface area contributed by atoms with E-state index in [0.717, 1.165) is 4.47 Å². The third kappa shape index (κ3) is 4.85. The maximum absolute atomic E-state index is 11.2. The normalized spacial score (nSPS) is 11.3. The summed E-state index contributed by atoms with van der Waals surface area (Å²) in [6.07, 6.45) is 0. The number of carboxylic acid groups (broad SMARTS) is 1. The first-order valence-corrected chi connectivity index (χ1v) is 7.90. The van der Waals surface area contributed by atoms with Gasteiger partial charge >= 0.3 is 5.97 Å². The number of carboxylic acids is 1. The Balaban J connectivity index is 2.40. The summed E-state index contributed by atoms with van der Waals surface area (Å²) in [6.45, 7) is -0.332. The Morgan fingerprint density at radius 2 is 1.96 bits per heavy atom. The zero-order valence-electron chi connectivity index (χ0n) is 12.8. The lowest BCUT2D eigenvalue weighted by Crippen LogP contribution is -2.22. The summed E-state index contributed by atoms with van der Waals surface area (Å²) in [5.41, 5.74) is 1.48. The summed E-state index contributed by atoms with van der Waals surface area (Å²) >= 11 is 3.33. The molecule has 25 heavy (non-hydrogen) atoms. The number of oxime groups is 1. The second-order valence-electron chi connectivity index (χ2n) is 5.06. The molecule has 0 unspecified atom stereocenters. The molecule has 0 aliphatic rings. The largest absolute Gasteiger partial charge is 0.480 e. The van der Waals surface area contributed by atoms with Gasteiger partial charge < -0.3 is 15.6 Å². The highest BCUT2D eigenvalue weighted by molar-refractivity contribution is 9.10. The van der Waals surface area contributed by atoms with E-state index in [2.05, 4.69) is 26.4 Å². The van der Waals surface area contributed by atoms with Gasteiger partial charge in [0.15, 0.2) is 0 Å². The van der Waals surface area contributed by atoms with Crippen LogP contribution in [0.3, 0.4) is 0 Å². The molecule has 0 aromatic heterocycles. The van der Waals surface area contributed by atoms with E-state index in [0.29, 0.717) is 16.7 Å². The van der Waals surface area contributed by atoms with Crippen LogP contribution < -0.4 is 5.32 Å². The lowest BCUT2D eigenvalue weighted by molar-refractivity contribution is -0.385. The standard InChI is InChI=1S/C16H14BrN3O5/c17-13-3-1-2-10(7-13)16(19-23)11-4-5-14(20(24)25)12(6-11)8-18-9-15(21)22/h1-7,18,23H,8-9H2,(H,21,22)/b19-16-.